The lowest BCUT2D eigenvalue weighted by Crippen LogP contribution is -2.30. The predicted molar refractivity (Wildman–Crippen MR) is 71.7 cm³/mol. The molecule has 1 amide bonds. The zero-order chi connectivity index (χ0) is 13.7. The first-order valence-electron chi connectivity index (χ1n) is 5.81. The van der Waals surface area contributed by atoms with Crippen molar-refractivity contribution in [2.24, 2.45) is 0 Å². The number of carbonyl (C=O) groups excluding carboxylic acids is 1. The molecule has 0 saturated carbocycles. The lowest BCUT2D eigenvalue weighted by molar-refractivity contribution is 0.0950. The fraction of sp³-hybridized carbons (Fsp3) is 0.0769. The molecule has 5 nitrogen and oxygen atoms in total. The van der Waals surface area contributed by atoms with Crippen LogP contribution in [-0.4, -0.2) is 28.1 Å². The molecule has 0 saturated heterocycles. The van der Waals surface area contributed by atoms with Gasteiger partial charge >= 0.3 is 7.12 Å². The zero-order valence-electron chi connectivity index (χ0n) is 10.2. The van der Waals surface area contributed by atoms with Crippen molar-refractivity contribution in [1.29, 1.82) is 0 Å². The van der Waals surface area contributed by atoms with Gasteiger partial charge in [0.15, 0.2) is 0 Å². The summed E-state index contributed by atoms with van der Waals surface area (Å²) in [5.74, 6) is -0.232. The number of pyridine rings is 1. The highest BCUT2D eigenvalue weighted by atomic mass is 16.4. The largest absolute Gasteiger partial charge is 0.488 e. The highest BCUT2D eigenvalue weighted by Crippen LogP contribution is 1.99. The van der Waals surface area contributed by atoms with Gasteiger partial charge in [0.1, 0.15) is 0 Å². The predicted octanol–water partition coefficient (Wildman–Crippen LogP) is -0.309. The normalized spacial score (nSPS) is 10.0. The van der Waals surface area contributed by atoms with Crippen LogP contribution in [0.15, 0.2) is 48.7 Å². The van der Waals surface area contributed by atoms with Gasteiger partial charge in [-0.25, -0.2) is 0 Å². The topological polar surface area (TPSA) is 82.5 Å². The third-order valence-electron chi connectivity index (χ3n) is 2.63. The van der Waals surface area contributed by atoms with E-state index in [1.54, 1.807) is 18.3 Å². The van der Waals surface area contributed by atoms with E-state index in [1.165, 1.54) is 12.1 Å². The van der Waals surface area contributed by atoms with Gasteiger partial charge in [0.25, 0.3) is 5.91 Å². The lowest BCUT2D eigenvalue weighted by atomic mass is 9.80. The molecular weight excluding hydrogens is 243 g/mol. The number of hydrogen-bond donors (Lipinski definition) is 3. The van der Waals surface area contributed by atoms with E-state index in [0.717, 1.165) is 5.69 Å². The van der Waals surface area contributed by atoms with E-state index < -0.39 is 7.12 Å². The van der Waals surface area contributed by atoms with Crippen LogP contribution < -0.4 is 10.8 Å². The van der Waals surface area contributed by atoms with Crippen LogP contribution in [0.2, 0.25) is 0 Å². The molecule has 0 fully saturated rings. The van der Waals surface area contributed by atoms with Crippen molar-refractivity contribution in [3.05, 3.63) is 59.9 Å². The first kappa shape index (κ1) is 13.3. The molecule has 0 aliphatic rings. The zero-order valence-corrected chi connectivity index (χ0v) is 10.2. The number of nitrogens with one attached hydrogen (secondary N) is 1. The molecule has 0 bridgehead atoms. The van der Waals surface area contributed by atoms with Gasteiger partial charge in [0.2, 0.25) is 0 Å². The Morgan fingerprint density at radius 1 is 1.16 bits per heavy atom. The summed E-state index contributed by atoms with van der Waals surface area (Å²) in [6.07, 6.45) is 1.67. The maximum atomic E-state index is 11.8. The van der Waals surface area contributed by atoms with Gasteiger partial charge in [-0.05, 0) is 29.7 Å². The molecule has 0 spiro atoms. The van der Waals surface area contributed by atoms with E-state index in [0.29, 0.717) is 17.6 Å². The average Bonchev–Trinajstić information content (AvgIpc) is 2.46. The van der Waals surface area contributed by atoms with Gasteiger partial charge in [-0.15, -0.1) is 0 Å². The maximum absolute atomic E-state index is 11.8. The number of hydrogen-bond acceptors (Lipinski definition) is 4. The van der Waals surface area contributed by atoms with Crippen LogP contribution in [0.1, 0.15) is 16.1 Å². The van der Waals surface area contributed by atoms with Gasteiger partial charge < -0.3 is 15.4 Å². The molecule has 0 radical (unpaired) electrons. The maximum Gasteiger partial charge on any atom is 0.488 e. The highest BCUT2D eigenvalue weighted by Gasteiger charge is 2.11. The fourth-order valence-corrected chi connectivity index (χ4v) is 1.58. The number of aromatic nitrogens is 1. The average molecular weight is 256 g/mol. The highest BCUT2D eigenvalue weighted by molar-refractivity contribution is 6.58. The molecule has 2 rings (SSSR count). The molecule has 0 atom stereocenters. The van der Waals surface area contributed by atoms with Crippen molar-refractivity contribution in [2.75, 3.05) is 0 Å². The molecule has 0 unspecified atom stereocenters. The monoisotopic (exact) mass is 256 g/mol. The Morgan fingerprint density at radius 3 is 2.47 bits per heavy atom. The second kappa shape index (κ2) is 6.13. The summed E-state index contributed by atoms with van der Waals surface area (Å²) in [7, 11) is -1.52. The van der Waals surface area contributed by atoms with Gasteiger partial charge in [-0.2, -0.15) is 0 Å². The van der Waals surface area contributed by atoms with Crippen LogP contribution >= 0.6 is 0 Å². The minimum Gasteiger partial charge on any atom is -0.423 e. The number of benzene rings is 1. The third-order valence-corrected chi connectivity index (χ3v) is 2.63. The van der Waals surface area contributed by atoms with E-state index in [9.17, 15) is 4.79 Å². The SMILES string of the molecule is O=C(NCc1ccccn1)c1ccc(B(O)O)cc1. The molecule has 96 valence electrons. The number of amides is 1. The van der Waals surface area contributed by atoms with Crippen molar-refractivity contribution in [3.8, 4) is 0 Å². The minimum atomic E-state index is -1.52. The summed E-state index contributed by atoms with van der Waals surface area (Å²) in [6.45, 7) is 0.351. The second-order valence-corrected chi connectivity index (χ2v) is 4.00. The van der Waals surface area contributed by atoms with Crippen LogP contribution in [0, 0.1) is 0 Å². The minimum absolute atomic E-state index is 0.232. The van der Waals surface area contributed by atoms with Crippen LogP contribution in [0.5, 0.6) is 0 Å². The van der Waals surface area contributed by atoms with Crippen molar-refractivity contribution in [2.45, 2.75) is 6.54 Å². The molecule has 1 heterocycles. The van der Waals surface area contributed by atoms with E-state index in [1.807, 2.05) is 18.2 Å². The van der Waals surface area contributed by atoms with Crippen LogP contribution in [-0.2, 0) is 6.54 Å². The molecule has 6 heteroatoms. The number of carbonyl (C=O) groups is 1. The van der Waals surface area contributed by atoms with Crippen molar-refractivity contribution in [3.63, 3.8) is 0 Å². The number of nitrogens with zero attached hydrogens (tertiary/aromatic N) is 1. The van der Waals surface area contributed by atoms with Gasteiger partial charge in [-0.3, -0.25) is 9.78 Å². The van der Waals surface area contributed by atoms with Crippen molar-refractivity contribution >= 4 is 18.5 Å². The van der Waals surface area contributed by atoms with E-state index >= 15 is 0 Å². The molecule has 3 N–H and O–H groups in total. The quantitative estimate of drug-likeness (QED) is 0.655. The van der Waals surface area contributed by atoms with Crippen LogP contribution in [0.25, 0.3) is 0 Å². The van der Waals surface area contributed by atoms with Crippen LogP contribution in [0.4, 0.5) is 0 Å². The van der Waals surface area contributed by atoms with Crippen LogP contribution in [0.3, 0.4) is 0 Å². The molecule has 2 aromatic rings. The summed E-state index contributed by atoms with van der Waals surface area (Å²) in [5, 5.41) is 20.6. The molecule has 0 aliphatic heterocycles. The number of rotatable bonds is 4. The van der Waals surface area contributed by atoms with E-state index in [2.05, 4.69) is 10.3 Å². The molecule has 0 aliphatic carbocycles. The van der Waals surface area contributed by atoms with Gasteiger partial charge in [0.05, 0.1) is 12.2 Å². The summed E-state index contributed by atoms with van der Waals surface area (Å²) >= 11 is 0. The smallest absolute Gasteiger partial charge is 0.423 e. The van der Waals surface area contributed by atoms with Gasteiger partial charge in [0, 0.05) is 11.8 Å². The Labute approximate surface area is 111 Å². The first-order chi connectivity index (χ1) is 9.16. The summed E-state index contributed by atoms with van der Waals surface area (Å²) in [4.78, 5) is 15.9. The molecule has 1 aromatic heterocycles. The van der Waals surface area contributed by atoms with E-state index in [-0.39, 0.29) is 5.91 Å². The fourth-order valence-electron chi connectivity index (χ4n) is 1.58. The van der Waals surface area contributed by atoms with Crippen molar-refractivity contribution in [1.82, 2.24) is 10.3 Å². The lowest BCUT2D eigenvalue weighted by Gasteiger charge is -2.05. The van der Waals surface area contributed by atoms with Gasteiger partial charge in [-0.1, -0.05) is 18.2 Å². The Hall–Kier alpha value is -2.18. The Kier molecular flexibility index (Phi) is 4.28. The van der Waals surface area contributed by atoms with E-state index in [4.69, 9.17) is 10.0 Å². The molecule has 1 aromatic carbocycles. The molecular formula is C13H13BN2O3. The summed E-state index contributed by atoms with van der Waals surface area (Å²) < 4.78 is 0. The van der Waals surface area contributed by atoms with Crippen molar-refractivity contribution < 1.29 is 14.8 Å². The standard InChI is InChI=1S/C13H13BN2O3/c17-13(16-9-12-3-1-2-8-15-12)10-4-6-11(7-5-10)14(18)19/h1-8,18-19H,9H2,(H,16,17). The Bertz CT molecular complexity index is 544. The summed E-state index contributed by atoms with van der Waals surface area (Å²) in [5.41, 5.74) is 1.58. The second-order valence-electron chi connectivity index (χ2n) is 4.00. The Morgan fingerprint density at radius 2 is 1.89 bits per heavy atom. The Balaban J connectivity index is 1.96. The third kappa shape index (κ3) is 3.64. The first-order valence-corrected chi connectivity index (χ1v) is 5.81. The molecule has 19 heavy (non-hydrogen) atoms. The summed E-state index contributed by atoms with van der Waals surface area (Å²) in [6, 6.07) is 11.6.